The first-order valence-corrected chi connectivity index (χ1v) is 11.1. The fourth-order valence-corrected chi connectivity index (χ4v) is 5.07. The molecule has 0 saturated carbocycles. The number of hydrogen-bond acceptors (Lipinski definition) is 4. The number of hydrogen-bond donors (Lipinski definition) is 1. The molecule has 0 spiro atoms. The second-order valence-electron chi connectivity index (χ2n) is 7.12. The van der Waals surface area contributed by atoms with E-state index in [1.807, 2.05) is 6.07 Å². The van der Waals surface area contributed by atoms with Crippen LogP contribution in [0.1, 0.15) is 27.9 Å². The first-order valence-electron chi connectivity index (χ1n) is 9.61. The zero-order valence-corrected chi connectivity index (χ0v) is 17.2. The molecule has 0 fully saturated rings. The minimum atomic E-state index is -3.88. The van der Waals surface area contributed by atoms with E-state index in [0.717, 1.165) is 17.7 Å². The topological polar surface area (TPSA) is 90.3 Å². The van der Waals surface area contributed by atoms with Crippen LogP contribution in [0.5, 0.6) is 0 Å². The number of anilines is 2. The van der Waals surface area contributed by atoms with Crippen molar-refractivity contribution in [1.82, 2.24) is 0 Å². The summed E-state index contributed by atoms with van der Waals surface area (Å²) in [5.41, 5.74) is 2.47. The summed E-state index contributed by atoms with van der Waals surface area (Å²) in [5.74, 6) is -0.913. The van der Waals surface area contributed by atoms with Crippen molar-refractivity contribution in [1.29, 1.82) is 5.26 Å². The van der Waals surface area contributed by atoms with Gasteiger partial charge in [-0.15, -0.1) is 0 Å². The number of fused-ring (bicyclic) bond motifs is 1. The molecular weight excluding hydrogens is 417 g/mol. The molecule has 0 aromatic heterocycles. The number of rotatable bonds is 4. The van der Waals surface area contributed by atoms with Gasteiger partial charge in [0.2, 0.25) is 0 Å². The number of nitriles is 1. The molecule has 0 radical (unpaired) electrons. The van der Waals surface area contributed by atoms with Gasteiger partial charge in [-0.3, -0.25) is 9.10 Å². The van der Waals surface area contributed by atoms with E-state index >= 15 is 0 Å². The summed E-state index contributed by atoms with van der Waals surface area (Å²) >= 11 is 0. The number of amides is 1. The third-order valence-electron chi connectivity index (χ3n) is 5.07. The Bertz CT molecular complexity index is 1300. The smallest absolute Gasteiger partial charge is 0.264 e. The maximum absolute atomic E-state index is 13.3. The predicted molar refractivity (Wildman–Crippen MR) is 115 cm³/mol. The molecule has 0 atom stereocenters. The SMILES string of the molecule is N#Cc1cccc(C(=O)Nc2ccc3c(c2)N(S(=O)(=O)c2ccc(F)cc2)CCC3)c1. The number of nitrogens with one attached hydrogen (secondary N) is 1. The van der Waals surface area contributed by atoms with Gasteiger partial charge >= 0.3 is 0 Å². The Labute approximate surface area is 179 Å². The first-order chi connectivity index (χ1) is 14.9. The van der Waals surface area contributed by atoms with Gasteiger partial charge in [0.05, 0.1) is 22.2 Å². The Hall–Kier alpha value is -3.70. The molecule has 0 aliphatic carbocycles. The molecule has 1 amide bonds. The number of nitrogens with zero attached hydrogens (tertiary/aromatic N) is 2. The molecule has 0 bridgehead atoms. The minimum absolute atomic E-state index is 0.00417. The van der Waals surface area contributed by atoms with E-state index in [1.165, 1.54) is 22.5 Å². The van der Waals surface area contributed by atoms with Crippen LogP contribution in [-0.2, 0) is 16.4 Å². The van der Waals surface area contributed by atoms with Crippen LogP contribution in [-0.4, -0.2) is 20.9 Å². The highest BCUT2D eigenvalue weighted by atomic mass is 32.2. The summed E-state index contributed by atoms with van der Waals surface area (Å²) in [4.78, 5) is 12.6. The Kier molecular flexibility index (Phi) is 5.44. The van der Waals surface area contributed by atoms with Crippen molar-refractivity contribution in [2.24, 2.45) is 0 Å². The second kappa shape index (κ2) is 8.20. The third-order valence-corrected chi connectivity index (χ3v) is 6.90. The summed E-state index contributed by atoms with van der Waals surface area (Å²) in [5, 5.41) is 11.8. The van der Waals surface area contributed by atoms with Crippen LogP contribution in [0, 0.1) is 17.1 Å². The van der Waals surface area contributed by atoms with E-state index in [0.29, 0.717) is 35.3 Å². The first kappa shape index (κ1) is 20.6. The number of benzene rings is 3. The summed E-state index contributed by atoms with van der Waals surface area (Å²) < 4.78 is 40.9. The van der Waals surface area contributed by atoms with Crippen molar-refractivity contribution >= 4 is 27.3 Å². The number of carbonyl (C=O) groups excluding carboxylic acids is 1. The zero-order chi connectivity index (χ0) is 22.0. The number of carbonyl (C=O) groups is 1. The van der Waals surface area contributed by atoms with Crippen LogP contribution >= 0.6 is 0 Å². The van der Waals surface area contributed by atoms with Gasteiger partial charge in [0.1, 0.15) is 5.82 Å². The van der Waals surface area contributed by atoms with E-state index in [2.05, 4.69) is 5.32 Å². The Balaban J connectivity index is 1.65. The molecule has 1 heterocycles. The van der Waals surface area contributed by atoms with Crippen molar-refractivity contribution in [2.75, 3.05) is 16.2 Å². The molecule has 3 aromatic carbocycles. The molecule has 31 heavy (non-hydrogen) atoms. The summed E-state index contributed by atoms with van der Waals surface area (Å²) in [7, 11) is -3.88. The average Bonchev–Trinajstić information content (AvgIpc) is 2.79. The Morgan fingerprint density at radius 2 is 1.84 bits per heavy atom. The van der Waals surface area contributed by atoms with Crippen LogP contribution < -0.4 is 9.62 Å². The van der Waals surface area contributed by atoms with Gasteiger partial charge in [-0.05, 0) is 73.0 Å². The van der Waals surface area contributed by atoms with Crippen molar-refractivity contribution in [3.63, 3.8) is 0 Å². The number of halogens is 1. The van der Waals surface area contributed by atoms with Crippen molar-refractivity contribution in [3.8, 4) is 6.07 Å². The van der Waals surface area contributed by atoms with E-state index < -0.39 is 21.7 Å². The molecule has 6 nitrogen and oxygen atoms in total. The summed E-state index contributed by atoms with van der Waals surface area (Å²) in [6.07, 6.45) is 1.36. The van der Waals surface area contributed by atoms with Gasteiger partial charge < -0.3 is 5.32 Å². The maximum atomic E-state index is 13.3. The zero-order valence-electron chi connectivity index (χ0n) is 16.4. The fourth-order valence-electron chi connectivity index (χ4n) is 3.54. The van der Waals surface area contributed by atoms with Crippen LogP contribution in [0.4, 0.5) is 15.8 Å². The maximum Gasteiger partial charge on any atom is 0.264 e. The van der Waals surface area contributed by atoms with E-state index in [4.69, 9.17) is 5.26 Å². The van der Waals surface area contributed by atoms with Gasteiger partial charge in [-0.25, -0.2) is 12.8 Å². The van der Waals surface area contributed by atoms with Gasteiger partial charge in [-0.1, -0.05) is 12.1 Å². The van der Waals surface area contributed by atoms with Crippen molar-refractivity contribution < 1.29 is 17.6 Å². The lowest BCUT2D eigenvalue weighted by Crippen LogP contribution is -2.35. The van der Waals surface area contributed by atoms with E-state index in [1.54, 1.807) is 36.4 Å². The van der Waals surface area contributed by atoms with Crippen molar-refractivity contribution in [3.05, 3.63) is 89.2 Å². The standard InChI is InChI=1S/C23H18FN3O3S/c24-19-7-10-21(11-8-19)31(29,30)27-12-2-5-17-6-9-20(14-22(17)27)26-23(28)18-4-1-3-16(13-18)15-25/h1,3-4,6-11,13-14H,2,5,12H2,(H,26,28). The largest absolute Gasteiger partial charge is 0.322 e. The minimum Gasteiger partial charge on any atom is -0.322 e. The highest BCUT2D eigenvalue weighted by Crippen LogP contribution is 2.34. The van der Waals surface area contributed by atoms with Gasteiger partial charge in [0.25, 0.3) is 15.9 Å². The van der Waals surface area contributed by atoms with Gasteiger partial charge in [-0.2, -0.15) is 5.26 Å². The molecule has 8 heteroatoms. The monoisotopic (exact) mass is 435 g/mol. The highest BCUT2D eigenvalue weighted by molar-refractivity contribution is 7.92. The highest BCUT2D eigenvalue weighted by Gasteiger charge is 2.29. The molecule has 1 aliphatic rings. The predicted octanol–water partition coefficient (Wildman–Crippen LogP) is 4.09. The molecule has 4 rings (SSSR count). The molecule has 3 aromatic rings. The number of aryl methyl sites for hydroxylation is 1. The molecule has 0 saturated heterocycles. The molecule has 156 valence electrons. The van der Waals surface area contributed by atoms with Crippen molar-refractivity contribution in [2.45, 2.75) is 17.7 Å². The van der Waals surface area contributed by atoms with Gasteiger partial charge in [0, 0.05) is 17.8 Å². The molecule has 0 unspecified atom stereocenters. The Morgan fingerprint density at radius 3 is 2.58 bits per heavy atom. The third kappa shape index (κ3) is 4.13. The van der Waals surface area contributed by atoms with E-state index in [9.17, 15) is 17.6 Å². The molecular formula is C23H18FN3O3S. The van der Waals surface area contributed by atoms with Gasteiger partial charge in [0.15, 0.2) is 0 Å². The van der Waals surface area contributed by atoms with E-state index in [-0.39, 0.29) is 11.4 Å². The normalized spacial score (nSPS) is 13.2. The quantitative estimate of drug-likeness (QED) is 0.668. The van der Waals surface area contributed by atoms with Crippen LogP contribution in [0.3, 0.4) is 0 Å². The number of sulfonamides is 1. The Morgan fingerprint density at radius 1 is 1.06 bits per heavy atom. The van der Waals surface area contributed by atoms with Crippen LogP contribution in [0.2, 0.25) is 0 Å². The second-order valence-corrected chi connectivity index (χ2v) is 8.99. The molecule has 1 N–H and O–H groups in total. The fraction of sp³-hybridized carbons (Fsp3) is 0.130. The lowest BCUT2D eigenvalue weighted by molar-refractivity contribution is 0.102. The van der Waals surface area contributed by atoms with Crippen LogP contribution in [0.25, 0.3) is 0 Å². The molecule has 1 aliphatic heterocycles. The lowest BCUT2D eigenvalue weighted by atomic mass is 10.0. The summed E-state index contributed by atoms with van der Waals surface area (Å²) in [6, 6.07) is 18.2. The lowest BCUT2D eigenvalue weighted by Gasteiger charge is -2.31. The summed E-state index contributed by atoms with van der Waals surface area (Å²) in [6.45, 7) is 0.286. The van der Waals surface area contributed by atoms with Crippen LogP contribution in [0.15, 0.2) is 71.6 Å². The average molecular weight is 435 g/mol.